The summed E-state index contributed by atoms with van der Waals surface area (Å²) in [6.07, 6.45) is 4.81. The Morgan fingerprint density at radius 2 is 1.86 bits per heavy atom. The van der Waals surface area contributed by atoms with E-state index in [9.17, 15) is 0 Å². The summed E-state index contributed by atoms with van der Waals surface area (Å²) in [5.41, 5.74) is 2.46. The molecule has 3 rings (SSSR count). The first-order valence-electron chi connectivity index (χ1n) is 7.31. The van der Waals surface area contributed by atoms with Crippen LogP contribution in [0, 0.1) is 0 Å². The van der Waals surface area contributed by atoms with Gasteiger partial charge in [-0.25, -0.2) is 0 Å². The molecule has 1 N–H and O–H groups in total. The minimum atomic E-state index is 0.153. The molecule has 0 spiro atoms. The van der Waals surface area contributed by atoms with Gasteiger partial charge in [-0.1, -0.05) is 30.3 Å². The molecule has 110 valence electrons. The topological polar surface area (TPSA) is 43.4 Å². The maximum Gasteiger partial charge on any atom is 0.147 e. The molecule has 4 heteroatoms. The first-order chi connectivity index (χ1) is 10.4. The molecule has 2 unspecified atom stereocenters. The van der Waals surface area contributed by atoms with Gasteiger partial charge in [0, 0.05) is 18.9 Å². The fraction of sp³-hybridized carbons (Fsp3) is 0.353. The summed E-state index contributed by atoms with van der Waals surface area (Å²) in [4.78, 5) is 4.10. The molecule has 0 radical (unpaired) electrons. The number of benzene rings is 1. The number of pyridine rings is 1. The van der Waals surface area contributed by atoms with Crippen LogP contribution in [0.15, 0.2) is 54.9 Å². The Labute approximate surface area is 125 Å². The van der Waals surface area contributed by atoms with Crippen molar-refractivity contribution in [3.8, 4) is 0 Å². The normalized spacial score (nSPS) is 20.1. The highest BCUT2D eigenvalue weighted by Gasteiger charge is 2.18. The summed E-state index contributed by atoms with van der Waals surface area (Å²) in [5, 5.41) is 3.61. The second kappa shape index (κ2) is 7.31. The smallest absolute Gasteiger partial charge is 0.147 e. The molecular formula is C17H20N2O2. The minimum absolute atomic E-state index is 0.153. The molecule has 2 atom stereocenters. The number of hydrogen-bond donors (Lipinski definition) is 1. The standard InChI is InChI=1S/C17H20N2O2/c1-2-4-14(5-3-1)17(15-6-9-18-10-7-15)19-12-16-8-11-20-13-21-16/h1-7,9-10,16-17,19H,8,11-13H2. The van der Waals surface area contributed by atoms with Crippen LogP contribution < -0.4 is 5.32 Å². The maximum atomic E-state index is 5.60. The molecular weight excluding hydrogens is 264 g/mol. The van der Waals surface area contributed by atoms with E-state index in [-0.39, 0.29) is 12.1 Å². The molecule has 4 nitrogen and oxygen atoms in total. The van der Waals surface area contributed by atoms with Crippen LogP contribution in [-0.2, 0) is 9.47 Å². The second-order valence-corrected chi connectivity index (χ2v) is 5.14. The molecule has 1 aliphatic heterocycles. The van der Waals surface area contributed by atoms with E-state index in [1.807, 2.05) is 18.5 Å². The van der Waals surface area contributed by atoms with Crippen molar-refractivity contribution in [3.05, 3.63) is 66.0 Å². The van der Waals surface area contributed by atoms with Gasteiger partial charge in [0.2, 0.25) is 0 Å². The molecule has 0 aliphatic carbocycles. The van der Waals surface area contributed by atoms with Crippen LogP contribution in [0.3, 0.4) is 0 Å². The molecule has 1 saturated heterocycles. The summed E-state index contributed by atoms with van der Waals surface area (Å²) < 4.78 is 10.8. The van der Waals surface area contributed by atoms with E-state index in [1.165, 1.54) is 11.1 Å². The molecule has 0 amide bonds. The molecule has 0 bridgehead atoms. The number of rotatable bonds is 5. The highest BCUT2D eigenvalue weighted by Crippen LogP contribution is 2.21. The summed E-state index contributed by atoms with van der Waals surface area (Å²) in [6, 6.07) is 14.7. The van der Waals surface area contributed by atoms with Crippen LogP contribution in [0.1, 0.15) is 23.6 Å². The fourth-order valence-electron chi connectivity index (χ4n) is 2.54. The average Bonchev–Trinajstić information content (AvgIpc) is 2.58. The van der Waals surface area contributed by atoms with Crippen LogP contribution in [0.4, 0.5) is 0 Å². The summed E-state index contributed by atoms with van der Waals surface area (Å²) >= 11 is 0. The van der Waals surface area contributed by atoms with E-state index in [0.29, 0.717) is 6.79 Å². The molecule has 2 heterocycles. The first kappa shape index (κ1) is 14.2. The zero-order valence-corrected chi connectivity index (χ0v) is 11.9. The lowest BCUT2D eigenvalue weighted by atomic mass is 9.99. The molecule has 1 aromatic carbocycles. The second-order valence-electron chi connectivity index (χ2n) is 5.14. The monoisotopic (exact) mass is 284 g/mol. The zero-order chi connectivity index (χ0) is 14.3. The highest BCUT2D eigenvalue weighted by atomic mass is 16.7. The van der Waals surface area contributed by atoms with Crippen molar-refractivity contribution >= 4 is 0 Å². The molecule has 2 aromatic rings. The van der Waals surface area contributed by atoms with E-state index in [0.717, 1.165) is 19.6 Å². The molecule has 21 heavy (non-hydrogen) atoms. The lowest BCUT2D eigenvalue weighted by Crippen LogP contribution is -2.36. The van der Waals surface area contributed by atoms with Gasteiger partial charge in [-0.15, -0.1) is 0 Å². The van der Waals surface area contributed by atoms with Crippen molar-refractivity contribution in [2.75, 3.05) is 19.9 Å². The van der Waals surface area contributed by atoms with Crippen molar-refractivity contribution in [3.63, 3.8) is 0 Å². The van der Waals surface area contributed by atoms with Crippen molar-refractivity contribution in [1.29, 1.82) is 0 Å². The Hall–Kier alpha value is -1.75. The van der Waals surface area contributed by atoms with Crippen molar-refractivity contribution in [2.24, 2.45) is 0 Å². The predicted octanol–water partition coefficient (Wildman–Crippen LogP) is 2.52. The van der Waals surface area contributed by atoms with Gasteiger partial charge in [0.25, 0.3) is 0 Å². The van der Waals surface area contributed by atoms with E-state index in [4.69, 9.17) is 9.47 Å². The van der Waals surface area contributed by atoms with Crippen LogP contribution in [0.2, 0.25) is 0 Å². The Bertz CT molecular complexity index is 488. The van der Waals surface area contributed by atoms with E-state index < -0.39 is 0 Å². The van der Waals surface area contributed by atoms with E-state index >= 15 is 0 Å². The highest BCUT2D eigenvalue weighted by molar-refractivity contribution is 5.30. The Morgan fingerprint density at radius 1 is 1.10 bits per heavy atom. The molecule has 0 saturated carbocycles. The third kappa shape index (κ3) is 3.88. The zero-order valence-electron chi connectivity index (χ0n) is 11.9. The van der Waals surface area contributed by atoms with Gasteiger partial charge in [-0.3, -0.25) is 4.98 Å². The van der Waals surface area contributed by atoms with E-state index in [1.54, 1.807) is 0 Å². The van der Waals surface area contributed by atoms with Gasteiger partial charge in [0.15, 0.2) is 0 Å². The Morgan fingerprint density at radius 3 is 2.57 bits per heavy atom. The van der Waals surface area contributed by atoms with Crippen LogP contribution in [0.5, 0.6) is 0 Å². The lowest BCUT2D eigenvalue weighted by Gasteiger charge is -2.26. The first-order valence-corrected chi connectivity index (χ1v) is 7.31. The predicted molar refractivity (Wildman–Crippen MR) is 80.8 cm³/mol. The van der Waals surface area contributed by atoms with Gasteiger partial charge in [0.1, 0.15) is 6.79 Å². The maximum absolute atomic E-state index is 5.60. The van der Waals surface area contributed by atoms with Crippen molar-refractivity contribution < 1.29 is 9.47 Å². The number of ether oxygens (including phenoxy) is 2. The SMILES string of the molecule is c1ccc(C(NCC2CCOCO2)c2ccncc2)cc1. The molecule has 1 aromatic heterocycles. The molecule has 1 aliphatic rings. The summed E-state index contributed by atoms with van der Waals surface area (Å²) in [5.74, 6) is 0. The van der Waals surface area contributed by atoms with Crippen molar-refractivity contribution in [1.82, 2.24) is 10.3 Å². The van der Waals surface area contributed by atoms with Gasteiger partial charge in [0.05, 0.1) is 18.8 Å². The number of aromatic nitrogens is 1. The summed E-state index contributed by atoms with van der Waals surface area (Å²) in [7, 11) is 0. The number of nitrogens with zero attached hydrogens (tertiary/aromatic N) is 1. The van der Waals surface area contributed by atoms with E-state index in [2.05, 4.69) is 46.7 Å². The molecule has 1 fully saturated rings. The van der Waals surface area contributed by atoms with Gasteiger partial charge >= 0.3 is 0 Å². The summed E-state index contributed by atoms with van der Waals surface area (Å²) in [6.45, 7) is 1.99. The third-order valence-corrected chi connectivity index (χ3v) is 3.69. The van der Waals surface area contributed by atoms with Crippen LogP contribution in [-0.4, -0.2) is 31.0 Å². The number of nitrogens with one attached hydrogen (secondary N) is 1. The Balaban J connectivity index is 1.73. The average molecular weight is 284 g/mol. The third-order valence-electron chi connectivity index (χ3n) is 3.69. The van der Waals surface area contributed by atoms with Crippen molar-refractivity contribution in [2.45, 2.75) is 18.6 Å². The Kier molecular flexibility index (Phi) is 4.94. The van der Waals surface area contributed by atoms with Gasteiger partial charge < -0.3 is 14.8 Å². The van der Waals surface area contributed by atoms with Crippen LogP contribution in [0.25, 0.3) is 0 Å². The lowest BCUT2D eigenvalue weighted by molar-refractivity contribution is -0.137. The van der Waals surface area contributed by atoms with Crippen LogP contribution >= 0.6 is 0 Å². The van der Waals surface area contributed by atoms with Gasteiger partial charge in [-0.05, 0) is 29.7 Å². The minimum Gasteiger partial charge on any atom is -0.355 e. The quantitative estimate of drug-likeness (QED) is 0.916. The largest absolute Gasteiger partial charge is 0.355 e. The van der Waals surface area contributed by atoms with Gasteiger partial charge in [-0.2, -0.15) is 0 Å². The fourth-order valence-corrected chi connectivity index (χ4v) is 2.54. The number of hydrogen-bond acceptors (Lipinski definition) is 4.